The first-order valence-corrected chi connectivity index (χ1v) is 13.3. The number of thioether (sulfide) groups is 1. The van der Waals surface area contributed by atoms with E-state index in [0.717, 1.165) is 53.1 Å². The third-order valence-electron chi connectivity index (χ3n) is 7.06. The van der Waals surface area contributed by atoms with Crippen LogP contribution < -0.4 is 9.64 Å². The summed E-state index contributed by atoms with van der Waals surface area (Å²) in [6.07, 6.45) is 3.99. The minimum Gasteiger partial charge on any atom is -0.497 e. The number of fused-ring (bicyclic) bond motifs is 1. The van der Waals surface area contributed by atoms with Gasteiger partial charge in [0, 0.05) is 42.1 Å². The number of ketones is 1. The number of likely N-dealkylation sites (N-methyl/N-ethyl adjacent to an activating group) is 1. The highest BCUT2D eigenvalue weighted by Gasteiger charge is 2.38. The minimum atomic E-state index is -0.229. The number of ether oxygens (including phenoxy) is 2. The Balaban J connectivity index is 1.36. The molecule has 0 spiro atoms. The zero-order chi connectivity index (χ0) is 25.3. The summed E-state index contributed by atoms with van der Waals surface area (Å²) in [6.45, 7) is 5.78. The van der Waals surface area contributed by atoms with Crippen molar-refractivity contribution < 1.29 is 14.3 Å². The van der Waals surface area contributed by atoms with Crippen LogP contribution in [0.3, 0.4) is 0 Å². The average molecular weight is 505 g/mol. The second-order valence-electron chi connectivity index (χ2n) is 9.77. The van der Waals surface area contributed by atoms with Crippen LogP contribution in [0.1, 0.15) is 32.3 Å². The number of nitrogens with zero attached hydrogens (tertiary/aromatic N) is 4. The number of rotatable bonds is 8. The second-order valence-corrected chi connectivity index (χ2v) is 10.7. The lowest BCUT2D eigenvalue weighted by Crippen LogP contribution is -2.24. The number of methoxy groups -OCH3 is 1. The lowest BCUT2D eigenvalue weighted by atomic mass is 9.83. The zero-order valence-corrected chi connectivity index (χ0v) is 22.0. The van der Waals surface area contributed by atoms with Gasteiger partial charge in [-0.05, 0) is 48.7 Å². The predicted octanol–water partition coefficient (Wildman–Crippen LogP) is 5.11. The van der Waals surface area contributed by atoms with E-state index in [9.17, 15) is 4.79 Å². The van der Waals surface area contributed by atoms with Gasteiger partial charge in [-0.25, -0.2) is 0 Å². The summed E-state index contributed by atoms with van der Waals surface area (Å²) in [4.78, 5) is 15.3. The molecule has 2 aromatic carbocycles. The van der Waals surface area contributed by atoms with Crippen molar-refractivity contribution >= 4 is 23.2 Å². The molecule has 36 heavy (non-hydrogen) atoms. The Hall–Kier alpha value is -3.10. The molecule has 0 aliphatic carbocycles. The fourth-order valence-corrected chi connectivity index (χ4v) is 5.86. The molecular weight excluding hydrogens is 472 g/mol. The van der Waals surface area contributed by atoms with Gasteiger partial charge in [0.1, 0.15) is 5.75 Å². The number of aromatic nitrogens is 3. The molecule has 3 heterocycles. The Morgan fingerprint density at radius 2 is 1.97 bits per heavy atom. The Kier molecular flexibility index (Phi) is 6.90. The Labute approximate surface area is 216 Å². The lowest BCUT2D eigenvalue weighted by Gasteiger charge is -2.23. The van der Waals surface area contributed by atoms with Crippen molar-refractivity contribution in [1.82, 2.24) is 14.8 Å². The third-order valence-corrected chi connectivity index (χ3v) is 8.05. The zero-order valence-electron chi connectivity index (χ0n) is 21.2. The number of hydrogen-bond acceptors (Lipinski definition) is 7. The number of benzene rings is 2. The van der Waals surface area contributed by atoms with E-state index in [1.54, 1.807) is 13.2 Å². The quantitative estimate of drug-likeness (QED) is 0.312. The van der Waals surface area contributed by atoms with Crippen LogP contribution in [0, 0.1) is 0 Å². The van der Waals surface area contributed by atoms with Gasteiger partial charge < -0.3 is 14.4 Å². The van der Waals surface area contributed by atoms with Crippen LogP contribution in [0.15, 0.2) is 65.5 Å². The number of carbonyl (C=O) groups excluding carboxylic acids is 1. The van der Waals surface area contributed by atoms with Crippen molar-refractivity contribution in [3.63, 3.8) is 0 Å². The lowest BCUT2D eigenvalue weighted by molar-refractivity contribution is -0.112. The topological polar surface area (TPSA) is 69.5 Å². The van der Waals surface area contributed by atoms with Gasteiger partial charge in [-0.3, -0.25) is 9.36 Å². The summed E-state index contributed by atoms with van der Waals surface area (Å²) >= 11 is 1.43. The minimum absolute atomic E-state index is 0.0559. The summed E-state index contributed by atoms with van der Waals surface area (Å²) in [5, 5.41) is 9.68. The van der Waals surface area contributed by atoms with Crippen molar-refractivity contribution in [2.75, 3.05) is 31.4 Å². The van der Waals surface area contributed by atoms with Gasteiger partial charge in [-0.15, -0.1) is 10.2 Å². The molecule has 7 nitrogen and oxygen atoms in total. The summed E-state index contributed by atoms with van der Waals surface area (Å²) in [5.41, 5.74) is 4.12. The Morgan fingerprint density at radius 3 is 2.67 bits per heavy atom. The molecule has 0 N–H and O–H groups in total. The standard InChI is InChI=1S/C28H32N4O3S/c1-28(2)23-9-5-6-10-24(23)31(3)25(28)16-20(33)18-36-27-30-29-26(19-11-13-21(34-4)14-12-19)32(27)17-22-8-7-15-35-22/h5-6,9-14,16,22H,7-8,15,17-18H2,1-4H3/b25-16-/t22-/m0/s1. The summed E-state index contributed by atoms with van der Waals surface area (Å²) in [6, 6.07) is 16.1. The highest BCUT2D eigenvalue weighted by Crippen LogP contribution is 2.46. The number of carbonyl (C=O) groups is 1. The molecule has 1 saturated heterocycles. The van der Waals surface area contributed by atoms with E-state index < -0.39 is 0 Å². The monoisotopic (exact) mass is 504 g/mol. The van der Waals surface area contributed by atoms with Gasteiger partial charge in [0.2, 0.25) is 0 Å². The molecule has 0 saturated carbocycles. The Morgan fingerprint density at radius 1 is 1.19 bits per heavy atom. The van der Waals surface area contributed by atoms with Crippen LogP contribution in [0.25, 0.3) is 11.4 Å². The van der Waals surface area contributed by atoms with Crippen LogP contribution in [0.5, 0.6) is 5.75 Å². The molecule has 2 aliphatic heterocycles. The predicted molar refractivity (Wildman–Crippen MR) is 143 cm³/mol. The molecule has 188 valence electrons. The average Bonchev–Trinajstić information content (AvgIpc) is 3.59. The summed E-state index contributed by atoms with van der Waals surface area (Å²) < 4.78 is 13.3. The van der Waals surface area contributed by atoms with Gasteiger partial charge in [-0.2, -0.15) is 0 Å². The molecule has 8 heteroatoms. The highest BCUT2D eigenvalue weighted by molar-refractivity contribution is 7.99. The second kappa shape index (κ2) is 10.1. The number of allylic oxidation sites excluding steroid dienone is 2. The molecule has 1 atom stereocenters. The first-order valence-electron chi connectivity index (χ1n) is 12.3. The van der Waals surface area contributed by atoms with Gasteiger partial charge in [0.15, 0.2) is 16.8 Å². The van der Waals surface area contributed by atoms with E-state index in [2.05, 4.69) is 51.7 Å². The van der Waals surface area contributed by atoms with Crippen molar-refractivity contribution in [3.8, 4) is 17.1 Å². The Bertz CT molecular complexity index is 1280. The van der Waals surface area contributed by atoms with Crippen LogP contribution in [-0.4, -0.2) is 53.2 Å². The third kappa shape index (κ3) is 4.67. The van der Waals surface area contributed by atoms with E-state index in [0.29, 0.717) is 6.54 Å². The molecule has 0 unspecified atom stereocenters. The first-order chi connectivity index (χ1) is 17.4. The molecule has 3 aromatic rings. The molecular formula is C28H32N4O3S. The SMILES string of the molecule is COc1ccc(-c2nnc(SCC(=O)/C=C3\N(C)c4ccccc4C3(C)C)n2C[C@@H]2CCCO2)cc1. The molecule has 0 amide bonds. The molecule has 1 fully saturated rings. The molecule has 1 aromatic heterocycles. The van der Waals surface area contributed by atoms with Gasteiger partial charge >= 0.3 is 0 Å². The summed E-state index contributed by atoms with van der Waals surface area (Å²) in [5.74, 6) is 1.91. The smallest absolute Gasteiger partial charge is 0.192 e. The first kappa shape index (κ1) is 24.6. The number of hydrogen-bond donors (Lipinski definition) is 0. The van der Waals surface area contributed by atoms with Crippen LogP contribution in [0.2, 0.25) is 0 Å². The van der Waals surface area contributed by atoms with E-state index in [1.165, 1.54) is 17.3 Å². The van der Waals surface area contributed by atoms with E-state index in [4.69, 9.17) is 9.47 Å². The summed E-state index contributed by atoms with van der Waals surface area (Å²) in [7, 11) is 3.68. The van der Waals surface area contributed by atoms with Gasteiger partial charge in [-0.1, -0.05) is 43.8 Å². The van der Waals surface area contributed by atoms with Crippen molar-refractivity contribution in [2.45, 2.75) is 49.9 Å². The van der Waals surface area contributed by atoms with E-state index in [1.807, 2.05) is 37.4 Å². The number of para-hydroxylation sites is 1. The fourth-order valence-electron chi connectivity index (χ4n) is 5.09. The fraction of sp³-hybridized carbons (Fsp3) is 0.393. The van der Waals surface area contributed by atoms with Crippen LogP contribution >= 0.6 is 11.8 Å². The van der Waals surface area contributed by atoms with Crippen molar-refractivity contribution in [1.29, 1.82) is 0 Å². The highest BCUT2D eigenvalue weighted by atomic mass is 32.2. The van der Waals surface area contributed by atoms with Crippen LogP contribution in [0.4, 0.5) is 5.69 Å². The van der Waals surface area contributed by atoms with Gasteiger partial charge in [0.25, 0.3) is 0 Å². The van der Waals surface area contributed by atoms with Crippen molar-refractivity contribution in [2.24, 2.45) is 0 Å². The number of anilines is 1. The van der Waals surface area contributed by atoms with E-state index in [-0.39, 0.29) is 23.1 Å². The maximum atomic E-state index is 13.1. The van der Waals surface area contributed by atoms with Crippen LogP contribution in [-0.2, 0) is 21.5 Å². The van der Waals surface area contributed by atoms with Gasteiger partial charge in [0.05, 0.1) is 25.5 Å². The normalized spacial score (nSPS) is 19.6. The molecule has 5 rings (SSSR count). The van der Waals surface area contributed by atoms with Crippen molar-refractivity contribution in [3.05, 3.63) is 65.9 Å². The van der Waals surface area contributed by atoms with E-state index >= 15 is 0 Å². The molecule has 2 aliphatic rings. The molecule has 0 bridgehead atoms. The largest absolute Gasteiger partial charge is 0.497 e. The maximum Gasteiger partial charge on any atom is 0.192 e. The maximum absolute atomic E-state index is 13.1. The molecule has 0 radical (unpaired) electrons.